The highest BCUT2D eigenvalue weighted by atomic mass is 19.1. The Kier molecular flexibility index (Phi) is 4.42. The molecule has 3 N–H and O–H groups in total. The zero-order chi connectivity index (χ0) is 13.8. The fourth-order valence-corrected chi connectivity index (χ4v) is 1.24. The van der Waals surface area contributed by atoms with E-state index in [1.807, 2.05) is 0 Å². The Labute approximate surface area is 105 Å². The van der Waals surface area contributed by atoms with Crippen molar-refractivity contribution in [3.05, 3.63) is 42.1 Å². The lowest BCUT2D eigenvalue weighted by Crippen LogP contribution is -2.37. The summed E-state index contributed by atoms with van der Waals surface area (Å²) in [4.78, 5) is 22.6. The Morgan fingerprint density at radius 3 is 2.39 bits per heavy atom. The smallest absolute Gasteiger partial charge is 0.225 e. The van der Waals surface area contributed by atoms with E-state index in [1.54, 1.807) is 26.0 Å². The highest BCUT2D eigenvalue weighted by Gasteiger charge is 2.28. The molecular formula is C13H16FN2O2. The molecule has 1 rings (SSSR count). The first kappa shape index (κ1) is 14.2. The normalized spacial score (nSPS) is 11.1. The number of halogens is 1. The van der Waals surface area contributed by atoms with E-state index in [0.29, 0.717) is 0 Å². The SMILES string of the molecule is CC(C)([CH]C(=O)NCc1ccc(F)cc1)C(N)=O. The fourth-order valence-electron chi connectivity index (χ4n) is 1.24. The summed E-state index contributed by atoms with van der Waals surface area (Å²) in [6.45, 7) is 3.39. The van der Waals surface area contributed by atoms with Crippen LogP contribution in [0.25, 0.3) is 0 Å². The molecule has 0 unspecified atom stereocenters. The molecule has 0 aromatic heterocycles. The molecule has 0 heterocycles. The Morgan fingerprint density at radius 2 is 1.89 bits per heavy atom. The topological polar surface area (TPSA) is 72.2 Å². The van der Waals surface area contributed by atoms with Crippen LogP contribution in [0.1, 0.15) is 19.4 Å². The Balaban J connectivity index is 2.47. The van der Waals surface area contributed by atoms with Gasteiger partial charge in [0.15, 0.2) is 0 Å². The van der Waals surface area contributed by atoms with Gasteiger partial charge in [0.2, 0.25) is 11.8 Å². The molecule has 0 saturated carbocycles. The molecule has 0 saturated heterocycles. The number of nitrogens with one attached hydrogen (secondary N) is 1. The number of carbonyl (C=O) groups excluding carboxylic acids is 2. The summed E-state index contributed by atoms with van der Waals surface area (Å²) in [7, 11) is 0. The van der Waals surface area contributed by atoms with Crippen molar-refractivity contribution < 1.29 is 14.0 Å². The van der Waals surface area contributed by atoms with Crippen LogP contribution >= 0.6 is 0 Å². The lowest BCUT2D eigenvalue weighted by Gasteiger charge is -2.18. The zero-order valence-corrected chi connectivity index (χ0v) is 10.4. The minimum atomic E-state index is -0.993. The first-order chi connectivity index (χ1) is 8.31. The van der Waals surface area contributed by atoms with Crippen molar-refractivity contribution >= 4 is 11.8 Å². The van der Waals surface area contributed by atoms with Crippen LogP contribution in [0.2, 0.25) is 0 Å². The number of benzene rings is 1. The second-order valence-electron chi connectivity index (χ2n) is 4.57. The number of hydrogen-bond donors (Lipinski definition) is 2. The second kappa shape index (κ2) is 5.62. The summed E-state index contributed by atoms with van der Waals surface area (Å²) in [5, 5.41) is 2.60. The number of hydrogen-bond acceptors (Lipinski definition) is 2. The zero-order valence-electron chi connectivity index (χ0n) is 10.4. The maximum absolute atomic E-state index is 12.7. The van der Waals surface area contributed by atoms with Gasteiger partial charge < -0.3 is 11.1 Å². The second-order valence-corrected chi connectivity index (χ2v) is 4.57. The number of carbonyl (C=O) groups is 2. The molecule has 97 valence electrons. The molecule has 0 spiro atoms. The highest BCUT2D eigenvalue weighted by Crippen LogP contribution is 2.17. The quantitative estimate of drug-likeness (QED) is 0.824. The van der Waals surface area contributed by atoms with E-state index >= 15 is 0 Å². The van der Waals surface area contributed by atoms with E-state index in [1.165, 1.54) is 18.6 Å². The average molecular weight is 251 g/mol. The summed E-state index contributed by atoms with van der Waals surface area (Å²) >= 11 is 0. The number of rotatable bonds is 5. The van der Waals surface area contributed by atoms with E-state index in [9.17, 15) is 14.0 Å². The van der Waals surface area contributed by atoms with Crippen LogP contribution in [-0.2, 0) is 16.1 Å². The van der Waals surface area contributed by atoms with E-state index < -0.39 is 11.3 Å². The van der Waals surface area contributed by atoms with Gasteiger partial charge in [0.1, 0.15) is 5.82 Å². The third-order valence-corrected chi connectivity index (χ3v) is 2.51. The van der Waals surface area contributed by atoms with Crippen LogP contribution in [-0.4, -0.2) is 11.8 Å². The minimum absolute atomic E-state index is 0.268. The molecule has 1 radical (unpaired) electrons. The molecule has 0 aliphatic heterocycles. The van der Waals surface area contributed by atoms with Gasteiger partial charge in [0, 0.05) is 6.54 Å². The Hall–Kier alpha value is -1.91. The summed E-state index contributed by atoms with van der Waals surface area (Å²) in [5.74, 6) is -1.28. The summed E-state index contributed by atoms with van der Waals surface area (Å²) < 4.78 is 12.7. The van der Waals surface area contributed by atoms with Gasteiger partial charge in [-0.15, -0.1) is 0 Å². The average Bonchev–Trinajstić information content (AvgIpc) is 2.27. The van der Waals surface area contributed by atoms with Gasteiger partial charge in [-0.1, -0.05) is 26.0 Å². The number of primary amides is 1. The van der Waals surface area contributed by atoms with Crippen molar-refractivity contribution in [1.82, 2.24) is 5.32 Å². The van der Waals surface area contributed by atoms with Crippen molar-refractivity contribution in [2.45, 2.75) is 20.4 Å². The molecule has 0 atom stereocenters. The molecular weight excluding hydrogens is 235 g/mol. The summed E-state index contributed by atoms with van der Waals surface area (Å²) in [6, 6.07) is 5.79. The van der Waals surface area contributed by atoms with Crippen molar-refractivity contribution in [1.29, 1.82) is 0 Å². The van der Waals surface area contributed by atoms with E-state index in [4.69, 9.17) is 5.73 Å². The van der Waals surface area contributed by atoms with Gasteiger partial charge in [-0.2, -0.15) is 0 Å². The molecule has 4 nitrogen and oxygen atoms in total. The standard InChI is InChI=1S/C13H16FN2O2/c1-13(2,12(15)18)7-11(17)16-8-9-3-5-10(14)6-4-9/h3-7H,8H2,1-2H3,(H2,15,18)(H,16,17). The molecule has 0 bridgehead atoms. The predicted molar refractivity (Wildman–Crippen MR) is 65.5 cm³/mol. The van der Waals surface area contributed by atoms with Crippen molar-refractivity contribution in [3.63, 3.8) is 0 Å². The van der Waals surface area contributed by atoms with E-state index in [-0.39, 0.29) is 18.3 Å². The third kappa shape index (κ3) is 4.16. The molecule has 1 aromatic rings. The van der Waals surface area contributed by atoms with Crippen LogP contribution in [0, 0.1) is 17.7 Å². The Morgan fingerprint density at radius 1 is 1.33 bits per heavy atom. The highest BCUT2D eigenvalue weighted by molar-refractivity contribution is 5.94. The van der Waals surface area contributed by atoms with Crippen molar-refractivity contribution in [2.75, 3.05) is 0 Å². The molecule has 0 aliphatic carbocycles. The molecule has 2 amide bonds. The van der Waals surface area contributed by atoms with Crippen LogP contribution in [0.4, 0.5) is 4.39 Å². The largest absolute Gasteiger partial charge is 0.369 e. The van der Waals surface area contributed by atoms with Gasteiger partial charge in [-0.25, -0.2) is 4.39 Å². The lowest BCUT2D eigenvalue weighted by molar-refractivity contribution is -0.128. The fraction of sp³-hybridized carbons (Fsp3) is 0.308. The van der Waals surface area contributed by atoms with Crippen molar-refractivity contribution in [3.8, 4) is 0 Å². The summed E-state index contributed by atoms with van der Waals surface area (Å²) in [6.07, 6.45) is 1.23. The minimum Gasteiger partial charge on any atom is -0.369 e. The maximum Gasteiger partial charge on any atom is 0.225 e. The molecule has 0 fully saturated rings. The number of nitrogens with two attached hydrogens (primary N) is 1. The van der Waals surface area contributed by atoms with Crippen LogP contribution < -0.4 is 11.1 Å². The Bertz CT molecular complexity index is 441. The monoisotopic (exact) mass is 251 g/mol. The molecule has 1 aromatic carbocycles. The van der Waals surface area contributed by atoms with Gasteiger partial charge in [0.05, 0.1) is 11.8 Å². The van der Waals surface area contributed by atoms with Crippen LogP contribution in [0.5, 0.6) is 0 Å². The van der Waals surface area contributed by atoms with Crippen LogP contribution in [0.3, 0.4) is 0 Å². The third-order valence-electron chi connectivity index (χ3n) is 2.51. The van der Waals surface area contributed by atoms with Gasteiger partial charge >= 0.3 is 0 Å². The van der Waals surface area contributed by atoms with Gasteiger partial charge in [-0.3, -0.25) is 9.59 Å². The van der Waals surface area contributed by atoms with E-state index in [2.05, 4.69) is 5.32 Å². The number of amides is 2. The predicted octanol–water partition coefficient (Wildman–Crippen LogP) is 1.16. The summed E-state index contributed by atoms with van der Waals surface area (Å²) in [5.41, 5.74) is 4.93. The first-order valence-corrected chi connectivity index (χ1v) is 5.49. The lowest BCUT2D eigenvalue weighted by atomic mass is 9.88. The maximum atomic E-state index is 12.7. The van der Waals surface area contributed by atoms with Crippen molar-refractivity contribution in [2.24, 2.45) is 11.1 Å². The van der Waals surface area contributed by atoms with Gasteiger partial charge in [-0.05, 0) is 17.7 Å². The van der Waals surface area contributed by atoms with Crippen LogP contribution in [0.15, 0.2) is 24.3 Å². The molecule has 0 aliphatic rings. The first-order valence-electron chi connectivity index (χ1n) is 5.49. The van der Waals surface area contributed by atoms with Gasteiger partial charge in [0.25, 0.3) is 0 Å². The molecule has 18 heavy (non-hydrogen) atoms. The van der Waals surface area contributed by atoms with E-state index in [0.717, 1.165) is 5.56 Å². The molecule has 5 heteroatoms.